The molecule has 2 nitrogen and oxygen atoms in total. The van der Waals surface area contributed by atoms with Crippen LogP contribution in [-0.2, 0) is 6.18 Å². The van der Waals surface area contributed by atoms with Crippen molar-refractivity contribution in [1.82, 2.24) is 0 Å². The normalized spacial score (nSPS) is 22.6. The second kappa shape index (κ2) is 6.38. The van der Waals surface area contributed by atoms with Gasteiger partial charge in [0.1, 0.15) is 0 Å². The number of alkyl halides is 3. The van der Waals surface area contributed by atoms with E-state index >= 15 is 0 Å². The Morgan fingerprint density at radius 3 is 2.62 bits per heavy atom. The Bertz CT molecular complexity index is 531. The van der Waals surface area contributed by atoms with E-state index in [0.29, 0.717) is 17.5 Å². The smallest absolute Gasteiger partial charge is 0.385 e. The number of nitrogens with one attached hydrogen (secondary N) is 1. The van der Waals surface area contributed by atoms with Crippen LogP contribution in [0.3, 0.4) is 0 Å². The number of nitriles is 1. The Hall–Kier alpha value is -1.70. The second-order valence-electron chi connectivity index (χ2n) is 5.77. The van der Waals surface area contributed by atoms with Crippen LogP contribution in [0.25, 0.3) is 0 Å². The average molecular weight is 296 g/mol. The molecule has 0 aliphatic heterocycles. The van der Waals surface area contributed by atoms with Crippen LogP contribution in [0, 0.1) is 23.2 Å². The molecule has 1 aromatic rings. The van der Waals surface area contributed by atoms with E-state index in [0.717, 1.165) is 19.0 Å². The van der Waals surface area contributed by atoms with Crippen LogP contribution in [0.4, 0.5) is 18.9 Å². The van der Waals surface area contributed by atoms with Crippen LogP contribution in [0.5, 0.6) is 0 Å². The van der Waals surface area contributed by atoms with Gasteiger partial charge in [-0.25, -0.2) is 0 Å². The van der Waals surface area contributed by atoms with Crippen LogP contribution in [0.15, 0.2) is 18.2 Å². The lowest BCUT2D eigenvalue weighted by Gasteiger charge is -2.29. The molecule has 21 heavy (non-hydrogen) atoms. The number of benzene rings is 1. The zero-order chi connectivity index (χ0) is 15.5. The summed E-state index contributed by atoms with van der Waals surface area (Å²) in [6.07, 6.45) is 0.355. The molecule has 2 rings (SSSR count). The summed E-state index contributed by atoms with van der Waals surface area (Å²) in [5.74, 6) is 1.18. The summed E-state index contributed by atoms with van der Waals surface area (Å²) in [6.45, 7) is 2.97. The molecule has 1 aliphatic carbocycles. The summed E-state index contributed by atoms with van der Waals surface area (Å²) in [5.41, 5.74) is -0.622. The van der Waals surface area contributed by atoms with Gasteiger partial charge < -0.3 is 5.32 Å². The van der Waals surface area contributed by atoms with E-state index in [4.69, 9.17) is 5.26 Å². The first kappa shape index (κ1) is 15.7. The van der Waals surface area contributed by atoms with Crippen molar-refractivity contribution in [3.63, 3.8) is 0 Å². The predicted molar refractivity (Wildman–Crippen MR) is 75.8 cm³/mol. The first-order valence-electron chi connectivity index (χ1n) is 7.27. The van der Waals surface area contributed by atoms with E-state index < -0.39 is 11.7 Å². The Labute approximate surface area is 123 Å². The molecule has 114 valence electrons. The summed E-state index contributed by atoms with van der Waals surface area (Å²) in [6, 6.07) is 5.29. The van der Waals surface area contributed by atoms with E-state index in [1.165, 1.54) is 31.4 Å². The molecule has 2 atom stereocenters. The molecular weight excluding hydrogens is 277 g/mol. The summed E-state index contributed by atoms with van der Waals surface area (Å²) in [4.78, 5) is 0. The molecule has 0 saturated heterocycles. The predicted octanol–water partition coefficient (Wildman–Crippen LogP) is 4.82. The van der Waals surface area contributed by atoms with E-state index in [-0.39, 0.29) is 5.56 Å². The minimum absolute atomic E-state index is 0.329. The van der Waals surface area contributed by atoms with Gasteiger partial charge in [0, 0.05) is 12.2 Å². The van der Waals surface area contributed by atoms with Crippen molar-refractivity contribution in [1.29, 1.82) is 5.26 Å². The lowest BCUT2D eigenvalue weighted by Crippen LogP contribution is -2.24. The van der Waals surface area contributed by atoms with Gasteiger partial charge in [-0.15, -0.1) is 0 Å². The number of nitrogens with zero attached hydrogens (tertiary/aromatic N) is 1. The maximum atomic E-state index is 12.7. The Morgan fingerprint density at radius 2 is 2.00 bits per heavy atom. The van der Waals surface area contributed by atoms with Crippen molar-refractivity contribution in [2.45, 2.75) is 38.8 Å². The van der Waals surface area contributed by atoms with Crippen LogP contribution < -0.4 is 5.32 Å². The SMILES string of the molecule is CC1CCCCC1CNc1ccc(C(F)(F)F)c(C#N)c1. The standard InChI is InChI=1S/C16H19F3N2/c1-11-4-2-3-5-12(11)10-21-14-6-7-15(16(17,18)19)13(8-14)9-20/h6-8,11-12,21H,2-5,10H2,1H3. The molecule has 0 aromatic heterocycles. The van der Waals surface area contributed by atoms with Gasteiger partial charge >= 0.3 is 6.18 Å². The summed E-state index contributed by atoms with van der Waals surface area (Å²) in [7, 11) is 0. The maximum Gasteiger partial charge on any atom is 0.417 e. The van der Waals surface area contributed by atoms with E-state index in [1.807, 2.05) is 0 Å². The molecule has 1 saturated carbocycles. The third-order valence-electron chi connectivity index (χ3n) is 4.30. The molecule has 0 spiro atoms. The van der Waals surface area contributed by atoms with Gasteiger partial charge in [-0.2, -0.15) is 18.4 Å². The molecule has 0 radical (unpaired) electrons. The highest BCUT2D eigenvalue weighted by atomic mass is 19.4. The van der Waals surface area contributed by atoms with Gasteiger partial charge in [-0.05, 0) is 36.5 Å². The largest absolute Gasteiger partial charge is 0.417 e. The molecule has 1 aliphatic rings. The van der Waals surface area contributed by atoms with E-state index in [1.54, 1.807) is 6.07 Å². The Balaban J connectivity index is 2.06. The fourth-order valence-electron chi connectivity index (χ4n) is 2.94. The number of anilines is 1. The van der Waals surface area contributed by atoms with Crippen molar-refractivity contribution in [3.8, 4) is 6.07 Å². The highest BCUT2D eigenvalue weighted by Gasteiger charge is 2.33. The molecule has 1 fully saturated rings. The summed E-state index contributed by atoms with van der Waals surface area (Å²) >= 11 is 0. The van der Waals surface area contributed by atoms with Gasteiger partial charge in [0.15, 0.2) is 0 Å². The molecule has 5 heteroatoms. The van der Waals surface area contributed by atoms with Crippen molar-refractivity contribution >= 4 is 5.69 Å². The van der Waals surface area contributed by atoms with Gasteiger partial charge in [0.2, 0.25) is 0 Å². The molecule has 2 unspecified atom stereocenters. The third-order valence-corrected chi connectivity index (χ3v) is 4.30. The fraction of sp³-hybridized carbons (Fsp3) is 0.562. The highest BCUT2D eigenvalue weighted by molar-refractivity contribution is 5.53. The minimum atomic E-state index is -4.48. The lowest BCUT2D eigenvalue weighted by atomic mass is 9.80. The number of halogens is 3. The quantitative estimate of drug-likeness (QED) is 0.868. The monoisotopic (exact) mass is 296 g/mol. The number of hydrogen-bond donors (Lipinski definition) is 1. The topological polar surface area (TPSA) is 35.8 Å². The molecule has 1 N–H and O–H groups in total. The van der Waals surface area contributed by atoms with Gasteiger partial charge in [-0.1, -0.05) is 26.2 Å². The lowest BCUT2D eigenvalue weighted by molar-refractivity contribution is -0.137. The highest BCUT2D eigenvalue weighted by Crippen LogP contribution is 2.33. The van der Waals surface area contributed by atoms with Crippen LogP contribution in [0.1, 0.15) is 43.7 Å². The fourth-order valence-corrected chi connectivity index (χ4v) is 2.94. The number of hydrogen-bond acceptors (Lipinski definition) is 2. The molecule has 1 aromatic carbocycles. The average Bonchev–Trinajstić information content (AvgIpc) is 2.45. The maximum absolute atomic E-state index is 12.7. The number of rotatable bonds is 3. The molecule has 0 bridgehead atoms. The molecular formula is C16H19F3N2. The first-order valence-corrected chi connectivity index (χ1v) is 7.27. The van der Waals surface area contributed by atoms with Crippen molar-refractivity contribution in [2.24, 2.45) is 11.8 Å². The van der Waals surface area contributed by atoms with Crippen LogP contribution >= 0.6 is 0 Å². The second-order valence-corrected chi connectivity index (χ2v) is 5.77. The van der Waals surface area contributed by atoms with E-state index in [9.17, 15) is 13.2 Å². The van der Waals surface area contributed by atoms with Gasteiger partial charge in [0.25, 0.3) is 0 Å². The van der Waals surface area contributed by atoms with Crippen molar-refractivity contribution in [2.75, 3.05) is 11.9 Å². The first-order chi connectivity index (χ1) is 9.91. The van der Waals surface area contributed by atoms with Crippen LogP contribution in [-0.4, -0.2) is 6.54 Å². The molecule has 0 amide bonds. The third kappa shape index (κ3) is 3.90. The van der Waals surface area contributed by atoms with Crippen molar-refractivity contribution < 1.29 is 13.2 Å². The summed E-state index contributed by atoms with van der Waals surface area (Å²) < 4.78 is 38.2. The molecule has 0 heterocycles. The van der Waals surface area contributed by atoms with Crippen molar-refractivity contribution in [3.05, 3.63) is 29.3 Å². The zero-order valence-electron chi connectivity index (χ0n) is 12.0. The van der Waals surface area contributed by atoms with Gasteiger partial charge in [0.05, 0.1) is 17.2 Å². The zero-order valence-corrected chi connectivity index (χ0v) is 12.0. The Morgan fingerprint density at radius 1 is 1.29 bits per heavy atom. The van der Waals surface area contributed by atoms with Crippen LogP contribution in [0.2, 0.25) is 0 Å². The van der Waals surface area contributed by atoms with E-state index in [2.05, 4.69) is 12.2 Å². The summed E-state index contributed by atoms with van der Waals surface area (Å²) in [5, 5.41) is 12.1. The van der Waals surface area contributed by atoms with Gasteiger partial charge in [-0.3, -0.25) is 0 Å². The minimum Gasteiger partial charge on any atom is -0.385 e. The Kier molecular flexibility index (Phi) is 4.76.